The van der Waals surface area contributed by atoms with Crippen LogP contribution >= 0.6 is 22.7 Å². The van der Waals surface area contributed by atoms with E-state index in [-0.39, 0.29) is 18.8 Å². The van der Waals surface area contributed by atoms with E-state index < -0.39 is 0 Å². The Morgan fingerprint density at radius 1 is 0.519 bits per heavy atom. The van der Waals surface area contributed by atoms with Crippen LogP contribution < -0.4 is 9.47 Å². The molecule has 0 radical (unpaired) electrons. The number of ether oxygens (including phenoxy) is 5. The van der Waals surface area contributed by atoms with Crippen LogP contribution in [-0.4, -0.2) is 83.5 Å². The average Bonchev–Trinajstić information content (AvgIpc) is 4.16. The molecule has 0 bridgehead atoms. The number of aromatic nitrogens is 4. The highest BCUT2D eigenvalue weighted by Gasteiger charge is 2.24. The minimum Gasteiger partial charge on any atom is -0.491 e. The fourth-order valence-corrected chi connectivity index (χ4v) is 7.05. The molecule has 6 aromatic rings. The second-order valence-corrected chi connectivity index (χ2v) is 14.7. The van der Waals surface area contributed by atoms with Crippen LogP contribution in [0.15, 0.2) is 97.1 Å². The molecule has 2 aromatic heterocycles. The summed E-state index contributed by atoms with van der Waals surface area (Å²) >= 11 is 3.17. The Kier molecular flexibility index (Phi) is 10.9. The second-order valence-electron chi connectivity index (χ2n) is 12.8. The summed E-state index contributed by atoms with van der Waals surface area (Å²) in [6.07, 6.45) is 3.62. The Bertz CT molecular complexity index is 1950. The van der Waals surface area contributed by atoms with Gasteiger partial charge >= 0.3 is 0 Å². The van der Waals surface area contributed by atoms with Gasteiger partial charge in [-0.15, -0.1) is 20.4 Å². The number of aliphatic hydroxyl groups is 1. The van der Waals surface area contributed by atoms with E-state index in [0.717, 1.165) is 92.9 Å². The molecule has 0 spiro atoms. The summed E-state index contributed by atoms with van der Waals surface area (Å²) in [7, 11) is 0. The van der Waals surface area contributed by atoms with Gasteiger partial charge in [0.2, 0.25) is 0 Å². The quantitative estimate of drug-likeness (QED) is 0.109. The number of hydrogen-bond acceptors (Lipinski definition) is 12. The third-order valence-corrected chi connectivity index (χ3v) is 10.7. The fraction of sp³-hybridized carbons (Fsp3) is 0.300. The van der Waals surface area contributed by atoms with Gasteiger partial charge in [-0.05, 0) is 72.5 Å². The van der Waals surface area contributed by atoms with Crippen molar-refractivity contribution in [2.75, 3.05) is 39.6 Å². The van der Waals surface area contributed by atoms with Gasteiger partial charge in [-0.25, -0.2) is 0 Å². The molecule has 0 amide bonds. The molecule has 3 saturated heterocycles. The zero-order valence-corrected chi connectivity index (χ0v) is 30.1. The molecule has 9 rings (SSSR count). The summed E-state index contributed by atoms with van der Waals surface area (Å²) in [4.78, 5) is 0. The molecule has 3 atom stereocenters. The first-order valence-corrected chi connectivity index (χ1v) is 19.1. The molecule has 10 nitrogen and oxygen atoms in total. The molecule has 3 aliphatic heterocycles. The van der Waals surface area contributed by atoms with E-state index in [1.165, 1.54) is 11.1 Å². The molecular formula is C40H38N4O6S2. The van der Waals surface area contributed by atoms with Gasteiger partial charge in [0.1, 0.15) is 57.0 Å². The molecule has 1 N–H and O–H groups in total. The summed E-state index contributed by atoms with van der Waals surface area (Å²) in [5, 5.41) is 29.9. The molecule has 3 aliphatic rings. The van der Waals surface area contributed by atoms with Crippen molar-refractivity contribution in [1.82, 2.24) is 20.4 Å². The number of aliphatic hydroxyl groups excluding tert-OH is 1. The molecule has 12 heteroatoms. The van der Waals surface area contributed by atoms with E-state index in [1.807, 2.05) is 48.5 Å². The van der Waals surface area contributed by atoms with E-state index >= 15 is 0 Å². The zero-order valence-electron chi connectivity index (χ0n) is 28.4. The number of epoxide rings is 3. The topological polar surface area (TPSA) is 128 Å². The summed E-state index contributed by atoms with van der Waals surface area (Å²) < 4.78 is 26.9. The maximum Gasteiger partial charge on any atom is 0.148 e. The number of hydrogen-bond donors (Lipinski definition) is 1. The van der Waals surface area contributed by atoms with Crippen molar-refractivity contribution < 1.29 is 28.8 Å². The maximum absolute atomic E-state index is 8.91. The number of benzene rings is 4. The number of rotatable bonds is 15. The Hall–Kier alpha value is -4.56. The largest absolute Gasteiger partial charge is 0.491 e. The molecule has 266 valence electrons. The number of nitrogens with zero attached hydrogens (tertiary/aromatic N) is 4. The van der Waals surface area contributed by atoms with Crippen molar-refractivity contribution in [2.24, 2.45) is 0 Å². The Labute approximate surface area is 310 Å². The molecule has 3 unspecified atom stereocenters. The summed E-state index contributed by atoms with van der Waals surface area (Å²) in [5.41, 5.74) is 6.77. The van der Waals surface area contributed by atoms with Crippen molar-refractivity contribution in [3.8, 4) is 53.8 Å². The van der Waals surface area contributed by atoms with Gasteiger partial charge in [0.25, 0.3) is 0 Å². The van der Waals surface area contributed by atoms with Gasteiger partial charge in [-0.1, -0.05) is 71.2 Å². The fourth-order valence-electron chi connectivity index (χ4n) is 5.34. The Balaban J connectivity index is 0.000000149. The Morgan fingerprint density at radius 2 is 0.885 bits per heavy atom. The molecule has 0 saturated carbocycles. The molecule has 5 heterocycles. The third kappa shape index (κ3) is 9.65. The van der Waals surface area contributed by atoms with Crippen LogP contribution in [0.5, 0.6) is 11.5 Å². The van der Waals surface area contributed by atoms with E-state index in [0.29, 0.717) is 19.3 Å². The predicted molar refractivity (Wildman–Crippen MR) is 201 cm³/mol. The lowest BCUT2D eigenvalue weighted by Crippen LogP contribution is -2.03. The maximum atomic E-state index is 8.91. The van der Waals surface area contributed by atoms with Gasteiger partial charge in [0.05, 0.1) is 25.9 Å². The van der Waals surface area contributed by atoms with Crippen LogP contribution in [0.1, 0.15) is 17.5 Å². The molecule has 52 heavy (non-hydrogen) atoms. The van der Waals surface area contributed by atoms with Crippen LogP contribution in [0.2, 0.25) is 0 Å². The normalized spacial score (nSPS) is 18.3. The van der Waals surface area contributed by atoms with Crippen LogP contribution in [0, 0.1) is 0 Å². The lowest BCUT2D eigenvalue weighted by Gasteiger charge is -2.04. The van der Waals surface area contributed by atoms with Crippen molar-refractivity contribution in [1.29, 1.82) is 0 Å². The van der Waals surface area contributed by atoms with Crippen LogP contribution in [0.25, 0.3) is 42.3 Å². The lowest BCUT2D eigenvalue weighted by molar-refractivity contribution is 0.263. The highest BCUT2D eigenvalue weighted by atomic mass is 32.1. The van der Waals surface area contributed by atoms with Gasteiger partial charge in [0.15, 0.2) is 0 Å². The standard InChI is InChI=1S/C20H18N2O4S.C20H20N2O2S/c1-5-15(23-9-17-11-25-17)6-2-13(1)19-21-22-20(27-19)14-3-7-16(8-4-14)24-10-18-12-26-18;23-11-1-2-14-3-7-16(8-4-14)19-21-22-20(25-19)17-9-5-15(6-10-17)12-18-13-24-18/h1-8,17-18H,9-12H2;3-10,18,23H,1-2,11-13H2. The third-order valence-electron chi connectivity index (χ3n) is 8.62. The Morgan fingerprint density at radius 3 is 1.25 bits per heavy atom. The highest BCUT2D eigenvalue weighted by Crippen LogP contribution is 2.33. The molecular weight excluding hydrogens is 697 g/mol. The smallest absolute Gasteiger partial charge is 0.148 e. The van der Waals surface area contributed by atoms with E-state index in [9.17, 15) is 0 Å². The van der Waals surface area contributed by atoms with Crippen molar-refractivity contribution in [3.05, 3.63) is 108 Å². The van der Waals surface area contributed by atoms with Gasteiger partial charge in [0, 0.05) is 35.3 Å². The summed E-state index contributed by atoms with van der Waals surface area (Å²) in [6.45, 7) is 3.93. The predicted octanol–water partition coefficient (Wildman–Crippen LogP) is 7.17. The number of aryl methyl sites for hydroxylation is 1. The van der Waals surface area contributed by atoms with Crippen molar-refractivity contribution in [3.63, 3.8) is 0 Å². The van der Waals surface area contributed by atoms with Crippen molar-refractivity contribution in [2.45, 2.75) is 37.6 Å². The SMILES string of the molecule is OCCCc1ccc(-c2nnc(-c3ccc(CC4CO4)cc3)s2)cc1.c1cc(-c2nnc(-c3ccc(OCC4CO4)cc3)s2)ccc1OCC1CO1. The first kappa shape index (κ1) is 34.5. The zero-order chi connectivity index (χ0) is 35.1. The van der Waals surface area contributed by atoms with Gasteiger partial charge in [-0.2, -0.15) is 0 Å². The molecule has 0 aliphatic carbocycles. The molecule has 3 fully saturated rings. The lowest BCUT2D eigenvalue weighted by atomic mass is 10.1. The van der Waals surface area contributed by atoms with Crippen LogP contribution in [0.4, 0.5) is 0 Å². The second kappa shape index (κ2) is 16.4. The monoisotopic (exact) mass is 734 g/mol. The van der Waals surface area contributed by atoms with Gasteiger partial charge in [-0.3, -0.25) is 0 Å². The first-order valence-electron chi connectivity index (χ1n) is 17.4. The van der Waals surface area contributed by atoms with Crippen LogP contribution in [0.3, 0.4) is 0 Å². The highest BCUT2D eigenvalue weighted by molar-refractivity contribution is 7.18. The van der Waals surface area contributed by atoms with E-state index in [2.05, 4.69) is 68.9 Å². The van der Waals surface area contributed by atoms with E-state index in [1.54, 1.807) is 22.7 Å². The average molecular weight is 735 g/mol. The van der Waals surface area contributed by atoms with Crippen LogP contribution in [-0.2, 0) is 27.1 Å². The van der Waals surface area contributed by atoms with E-state index in [4.69, 9.17) is 28.8 Å². The first-order chi connectivity index (χ1) is 25.6. The minimum absolute atomic E-state index is 0.230. The van der Waals surface area contributed by atoms with Gasteiger partial charge < -0.3 is 28.8 Å². The molecule has 4 aromatic carbocycles. The van der Waals surface area contributed by atoms with Crippen molar-refractivity contribution >= 4 is 22.7 Å². The summed E-state index contributed by atoms with van der Waals surface area (Å²) in [6, 6.07) is 32.7. The minimum atomic E-state index is 0.230. The summed E-state index contributed by atoms with van der Waals surface area (Å²) in [5.74, 6) is 1.68.